The Bertz CT molecular complexity index is 377. The highest BCUT2D eigenvalue weighted by molar-refractivity contribution is 5.06. The summed E-state index contributed by atoms with van der Waals surface area (Å²) in [5, 5.41) is 10.00. The van der Waals surface area contributed by atoms with E-state index in [0.29, 0.717) is 5.92 Å². The summed E-state index contributed by atoms with van der Waals surface area (Å²) in [6, 6.07) is 2.84. The van der Waals surface area contributed by atoms with E-state index in [4.69, 9.17) is 0 Å². The maximum atomic E-state index is 10.00. The van der Waals surface area contributed by atoms with Crippen molar-refractivity contribution in [1.29, 1.82) is 5.26 Å². The lowest BCUT2D eigenvalue weighted by molar-refractivity contribution is 0.0843. The van der Waals surface area contributed by atoms with Gasteiger partial charge in [0.05, 0.1) is 11.5 Å². The van der Waals surface area contributed by atoms with Crippen LogP contribution in [0.3, 0.4) is 0 Å². The molecular formula is C24H43N. The number of hydrogen-bond donors (Lipinski definition) is 0. The lowest BCUT2D eigenvalue weighted by Crippen LogP contribution is -2.36. The Hall–Kier alpha value is -0.510. The van der Waals surface area contributed by atoms with Crippen LogP contribution in [0.1, 0.15) is 123 Å². The van der Waals surface area contributed by atoms with Gasteiger partial charge in [0.15, 0.2) is 0 Å². The predicted molar refractivity (Wildman–Crippen MR) is 108 cm³/mol. The zero-order valence-corrected chi connectivity index (χ0v) is 17.2. The van der Waals surface area contributed by atoms with Gasteiger partial charge < -0.3 is 0 Å². The highest BCUT2D eigenvalue weighted by Gasteiger charge is 2.43. The summed E-state index contributed by atoms with van der Waals surface area (Å²) in [6.07, 6.45) is 23.2. The number of nitriles is 1. The molecule has 0 N–H and O–H groups in total. The van der Waals surface area contributed by atoms with Gasteiger partial charge in [0.1, 0.15) is 0 Å². The normalized spacial score (nSPS) is 33.1. The molecule has 0 unspecified atom stereocenters. The third kappa shape index (κ3) is 6.30. The monoisotopic (exact) mass is 345 g/mol. The quantitative estimate of drug-likeness (QED) is 0.367. The van der Waals surface area contributed by atoms with Gasteiger partial charge in [0, 0.05) is 0 Å². The first-order valence-electron chi connectivity index (χ1n) is 11.6. The fourth-order valence-corrected chi connectivity index (χ4v) is 5.63. The first-order chi connectivity index (χ1) is 12.2. The molecule has 0 aromatic rings. The number of rotatable bonds is 10. The van der Waals surface area contributed by atoms with Crippen molar-refractivity contribution in [2.45, 2.75) is 123 Å². The third-order valence-corrected chi connectivity index (χ3v) is 7.53. The van der Waals surface area contributed by atoms with Crippen LogP contribution in [0.15, 0.2) is 0 Å². The van der Waals surface area contributed by atoms with Crippen molar-refractivity contribution in [2.75, 3.05) is 0 Å². The zero-order chi connectivity index (χ0) is 18.0. The molecule has 0 bridgehead atoms. The minimum absolute atomic E-state index is 0.0504. The van der Waals surface area contributed by atoms with Crippen molar-refractivity contribution in [3.05, 3.63) is 0 Å². The molecule has 0 aromatic carbocycles. The summed E-state index contributed by atoms with van der Waals surface area (Å²) in [5.74, 6) is 2.59. The predicted octanol–water partition coefficient (Wildman–Crippen LogP) is 8.04. The second-order valence-electron chi connectivity index (χ2n) is 9.27. The molecule has 1 nitrogen and oxygen atoms in total. The topological polar surface area (TPSA) is 23.8 Å². The maximum absolute atomic E-state index is 10.00. The van der Waals surface area contributed by atoms with E-state index in [2.05, 4.69) is 19.9 Å². The van der Waals surface area contributed by atoms with Crippen LogP contribution in [0.4, 0.5) is 0 Å². The van der Waals surface area contributed by atoms with Crippen LogP contribution in [-0.2, 0) is 0 Å². The van der Waals surface area contributed by atoms with E-state index < -0.39 is 0 Å². The van der Waals surface area contributed by atoms with E-state index in [1.54, 1.807) is 0 Å². The highest BCUT2D eigenvalue weighted by Crippen LogP contribution is 2.51. The Morgan fingerprint density at radius 3 is 1.88 bits per heavy atom. The summed E-state index contributed by atoms with van der Waals surface area (Å²) in [5.41, 5.74) is 0.0504. The molecule has 0 radical (unpaired) electrons. The van der Waals surface area contributed by atoms with Gasteiger partial charge >= 0.3 is 0 Å². The summed E-state index contributed by atoms with van der Waals surface area (Å²) >= 11 is 0. The average molecular weight is 346 g/mol. The summed E-state index contributed by atoms with van der Waals surface area (Å²) in [6.45, 7) is 4.59. The Balaban J connectivity index is 1.70. The second kappa shape index (κ2) is 11.3. The molecule has 0 spiro atoms. The Morgan fingerprint density at radius 2 is 1.28 bits per heavy atom. The van der Waals surface area contributed by atoms with Crippen LogP contribution in [0.25, 0.3) is 0 Å². The van der Waals surface area contributed by atoms with E-state index in [1.807, 2.05) is 0 Å². The Labute approximate surface area is 158 Å². The standard InChI is InChI=1S/C24H43N/c1-3-5-7-8-9-11-21-12-14-23(15-13-21)24(20-25)18-16-22(17-19-24)10-6-4-2/h21-23H,3-19H2,1-2H3. The molecule has 2 rings (SSSR count). The summed E-state index contributed by atoms with van der Waals surface area (Å²) in [7, 11) is 0. The highest BCUT2D eigenvalue weighted by atomic mass is 14.5. The smallest absolute Gasteiger partial charge is 0.0692 e. The molecule has 1 heteroatoms. The molecule has 0 aromatic heterocycles. The average Bonchev–Trinajstić information content (AvgIpc) is 2.67. The van der Waals surface area contributed by atoms with Crippen molar-refractivity contribution in [2.24, 2.45) is 23.2 Å². The van der Waals surface area contributed by atoms with Crippen molar-refractivity contribution in [3.8, 4) is 6.07 Å². The second-order valence-corrected chi connectivity index (χ2v) is 9.27. The van der Waals surface area contributed by atoms with E-state index in [9.17, 15) is 5.26 Å². The van der Waals surface area contributed by atoms with Crippen LogP contribution < -0.4 is 0 Å². The molecular weight excluding hydrogens is 302 g/mol. The molecule has 2 aliphatic carbocycles. The Kier molecular flexibility index (Phi) is 9.36. The largest absolute Gasteiger partial charge is 0.198 e. The lowest BCUT2D eigenvalue weighted by atomic mass is 9.59. The SMILES string of the molecule is CCCCCCCC1CCC(C2(C#N)CCC(CCCC)CC2)CC1. The van der Waals surface area contributed by atoms with Crippen LogP contribution >= 0.6 is 0 Å². The van der Waals surface area contributed by atoms with Gasteiger partial charge in [0.25, 0.3) is 0 Å². The van der Waals surface area contributed by atoms with Gasteiger partial charge in [-0.1, -0.05) is 84.5 Å². The van der Waals surface area contributed by atoms with E-state index >= 15 is 0 Å². The van der Waals surface area contributed by atoms with Gasteiger partial charge in [0.2, 0.25) is 0 Å². The molecule has 25 heavy (non-hydrogen) atoms. The molecule has 0 saturated heterocycles. The van der Waals surface area contributed by atoms with Gasteiger partial charge in [-0.05, 0) is 56.3 Å². The van der Waals surface area contributed by atoms with Gasteiger partial charge in [-0.3, -0.25) is 0 Å². The molecule has 144 valence electrons. The van der Waals surface area contributed by atoms with E-state index in [-0.39, 0.29) is 5.41 Å². The van der Waals surface area contributed by atoms with Crippen molar-refractivity contribution < 1.29 is 0 Å². The van der Waals surface area contributed by atoms with Crippen LogP contribution in [0, 0.1) is 34.5 Å². The van der Waals surface area contributed by atoms with Crippen molar-refractivity contribution >= 4 is 0 Å². The van der Waals surface area contributed by atoms with Crippen LogP contribution in [-0.4, -0.2) is 0 Å². The molecule has 2 aliphatic rings. The molecule has 2 saturated carbocycles. The zero-order valence-electron chi connectivity index (χ0n) is 17.2. The number of hydrogen-bond acceptors (Lipinski definition) is 1. The molecule has 0 heterocycles. The van der Waals surface area contributed by atoms with E-state index in [1.165, 1.54) is 109 Å². The lowest BCUT2D eigenvalue weighted by Gasteiger charge is -2.43. The van der Waals surface area contributed by atoms with Gasteiger partial charge in [-0.25, -0.2) is 0 Å². The van der Waals surface area contributed by atoms with Gasteiger partial charge in [-0.2, -0.15) is 5.26 Å². The first-order valence-corrected chi connectivity index (χ1v) is 11.6. The maximum Gasteiger partial charge on any atom is 0.0692 e. The number of unbranched alkanes of at least 4 members (excludes halogenated alkanes) is 5. The van der Waals surface area contributed by atoms with Crippen LogP contribution in [0.2, 0.25) is 0 Å². The van der Waals surface area contributed by atoms with Crippen molar-refractivity contribution in [3.63, 3.8) is 0 Å². The Morgan fingerprint density at radius 1 is 0.720 bits per heavy atom. The van der Waals surface area contributed by atoms with Crippen LogP contribution in [0.5, 0.6) is 0 Å². The minimum atomic E-state index is 0.0504. The third-order valence-electron chi connectivity index (χ3n) is 7.53. The van der Waals surface area contributed by atoms with Gasteiger partial charge in [-0.15, -0.1) is 0 Å². The van der Waals surface area contributed by atoms with Crippen molar-refractivity contribution in [1.82, 2.24) is 0 Å². The molecule has 0 aliphatic heterocycles. The molecule has 2 fully saturated rings. The van der Waals surface area contributed by atoms with E-state index in [0.717, 1.165) is 11.8 Å². The summed E-state index contributed by atoms with van der Waals surface area (Å²) in [4.78, 5) is 0. The fraction of sp³-hybridized carbons (Fsp3) is 0.958. The molecule has 0 atom stereocenters. The fourth-order valence-electron chi connectivity index (χ4n) is 5.63. The first kappa shape index (κ1) is 20.8. The molecule has 0 amide bonds. The summed E-state index contributed by atoms with van der Waals surface area (Å²) < 4.78 is 0. The number of nitrogens with zero attached hydrogens (tertiary/aromatic N) is 1. The minimum Gasteiger partial charge on any atom is -0.198 e.